The number of carboxylic acid groups (broad SMARTS) is 1. The molecule has 2 heterocycles. The van der Waals surface area contributed by atoms with Gasteiger partial charge in [-0.15, -0.1) is 11.3 Å². The molecule has 100 valence electrons. The maximum Gasteiger partial charge on any atom is 0.331 e. The molecule has 0 aliphatic carbocycles. The fraction of sp³-hybridized carbons (Fsp3) is 0.250. The first-order chi connectivity index (χ1) is 8.99. The minimum absolute atomic E-state index is 0.385. The molecule has 0 aliphatic rings. The normalized spacial score (nSPS) is 12.1. The molecule has 0 fully saturated rings. The monoisotopic (exact) mass is 279 g/mol. The van der Waals surface area contributed by atoms with Crippen LogP contribution in [0, 0.1) is 6.92 Å². The van der Waals surface area contributed by atoms with Crippen LogP contribution in [0.3, 0.4) is 0 Å². The van der Waals surface area contributed by atoms with E-state index in [-0.39, 0.29) is 5.91 Å². The van der Waals surface area contributed by atoms with E-state index in [4.69, 9.17) is 0 Å². The minimum Gasteiger partial charge on any atom is -0.479 e. The maximum absolute atomic E-state index is 12.0. The highest BCUT2D eigenvalue weighted by Crippen LogP contribution is 2.18. The molecule has 2 rings (SSSR count). The zero-order chi connectivity index (χ0) is 14.0. The molecule has 2 N–H and O–H groups in total. The van der Waals surface area contributed by atoms with E-state index in [0.717, 1.165) is 5.56 Å². The molecule has 0 radical (unpaired) electrons. The second-order valence-corrected chi connectivity index (χ2v) is 5.04. The number of carbonyl (C=O) groups is 2. The average molecular weight is 279 g/mol. The number of rotatable bonds is 4. The third kappa shape index (κ3) is 2.82. The van der Waals surface area contributed by atoms with E-state index in [0.29, 0.717) is 10.4 Å². The second-order valence-electron chi connectivity index (χ2n) is 4.12. The van der Waals surface area contributed by atoms with E-state index >= 15 is 0 Å². The van der Waals surface area contributed by atoms with Gasteiger partial charge < -0.3 is 10.4 Å². The summed E-state index contributed by atoms with van der Waals surface area (Å²) in [6.07, 6.45) is 3.00. The summed E-state index contributed by atoms with van der Waals surface area (Å²) in [5, 5.41) is 17.4. The molecule has 0 aromatic carbocycles. The Labute approximate surface area is 113 Å². The van der Waals surface area contributed by atoms with Crippen molar-refractivity contribution in [2.24, 2.45) is 7.05 Å². The molecule has 19 heavy (non-hydrogen) atoms. The molecule has 0 bridgehead atoms. The van der Waals surface area contributed by atoms with E-state index in [1.807, 2.05) is 13.0 Å². The molecule has 1 amide bonds. The van der Waals surface area contributed by atoms with Crippen molar-refractivity contribution in [3.63, 3.8) is 0 Å². The van der Waals surface area contributed by atoms with Gasteiger partial charge >= 0.3 is 5.97 Å². The first-order valence-corrected chi connectivity index (χ1v) is 6.43. The van der Waals surface area contributed by atoms with Crippen LogP contribution in [0.2, 0.25) is 0 Å². The van der Waals surface area contributed by atoms with E-state index < -0.39 is 12.0 Å². The quantitative estimate of drug-likeness (QED) is 0.884. The van der Waals surface area contributed by atoms with Gasteiger partial charge in [-0.2, -0.15) is 5.10 Å². The summed E-state index contributed by atoms with van der Waals surface area (Å²) in [6.45, 7) is 1.81. The summed E-state index contributed by atoms with van der Waals surface area (Å²) in [5.74, 6) is -1.50. The van der Waals surface area contributed by atoms with Crippen LogP contribution in [0.4, 0.5) is 0 Å². The predicted molar refractivity (Wildman–Crippen MR) is 70.1 cm³/mol. The van der Waals surface area contributed by atoms with Crippen LogP contribution in [-0.4, -0.2) is 26.8 Å². The Bertz CT molecular complexity index is 617. The molecule has 0 saturated heterocycles. The summed E-state index contributed by atoms with van der Waals surface area (Å²) in [6, 6.07) is 0.724. The van der Waals surface area contributed by atoms with Gasteiger partial charge in [-0.25, -0.2) is 4.79 Å². The van der Waals surface area contributed by atoms with Crippen molar-refractivity contribution in [3.05, 3.63) is 39.8 Å². The molecule has 7 heteroatoms. The maximum atomic E-state index is 12.0. The average Bonchev–Trinajstić information content (AvgIpc) is 2.94. The highest BCUT2D eigenvalue weighted by Gasteiger charge is 2.24. The number of carboxylic acids is 1. The minimum atomic E-state index is -1.12. The van der Waals surface area contributed by atoms with Gasteiger partial charge in [0.1, 0.15) is 0 Å². The predicted octanol–water partition coefficient (Wildman–Crippen LogP) is 1.35. The van der Waals surface area contributed by atoms with Crippen molar-refractivity contribution >= 4 is 23.2 Å². The molecule has 0 saturated carbocycles. The van der Waals surface area contributed by atoms with Crippen LogP contribution >= 0.6 is 11.3 Å². The van der Waals surface area contributed by atoms with Crippen molar-refractivity contribution < 1.29 is 14.7 Å². The van der Waals surface area contributed by atoms with Crippen LogP contribution in [0.15, 0.2) is 23.8 Å². The molecule has 0 spiro atoms. The van der Waals surface area contributed by atoms with Crippen LogP contribution in [0.1, 0.15) is 26.8 Å². The lowest BCUT2D eigenvalue weighted by atomic mass is 10.1. The van der Waals surface area contributed by atoms with Crippen LogP contribution in [0.5, 0.6) is 0 Å². The van der Waals surface area contributed by atoms with Crippen LogP contribution < -0.4 is 5.32 Å². The number of amides is 1. The third-order valence-corrected chi connectivity index (χ3v) is 3.66. The van der Waals surface area contributed by atoms with Crippen molar-refractivity contribution in [2.75, 3.05) is 0 Å². The van der Waals surface area contributed by atoms with E-state index in [9.17, 15) is 14.7 Å². The van der Waals surface area contributed by atoms with Gasteiger partial charge in [0.25, 0.3) is 5.91 Å². The van der Waals surface area contributed by atoms with Crippen molar-refractivity contribution in [2.45, 2.75) is 13.0 Å². The number of nitrogens with zero attached hydrogens (tertiary/aromatic N) is 2. The zero-order valence-corrected chi connectivity index (χ0v) is 11.3. The largest absolute Gasteiger partial charge is 0.479 e. The summed E-state index contributed by atoms with van der Waals surface area (Å²) in [5.41, 5.74) is 1.27. The van der Waals surface area contributed by atoms with E-state index in [1.54, 1.807) is 18.6 Å². The lowest BCUT2D eigenvalue weighted by Crippen LogP contribution is -2.33. The summed E-state index contributed by atoms with van der Waals surface area (Å²) in [4.78, 5) is 23.8. The Morgan fingerprint density at radius 3 is 2.74 bits per heavy atom. The Balaban J connectivity index is 2.21. The molecule has 6 nitrogen and oxygen atoms in total. The lowest BCUT2D eigenvalue weighted by Gasteiger charge is -2.12. The van der Waals surface area contributed by atoms with Gasteiger partial charge in [-0.3, -0.25) is 9.48 Å². The molecular weight excluding hydrogens is 266 g/mol. The number of hydrogen-bond donors (Lipinski definition) is 2. The van der Waals surface area contributed by atoms with Gasteiger partial charge in [0, 0.05) is 18.8 Å². The van der Waals surface area contributed by atoms with E-state index in [1.165, 1.54) is 22.2 Å². The molecule has 1 unspecified atom stereocenters. The van der Waals surface area contributed by atoms with Crippen molar-refractivity contribution in [1.29, 1.82) is 0 Å². The Morgan fingerprint density at radius 1 is 1.53 bits per heavy atom. The molecule has 1 atom stereocenters. The summed E-state index contributed by atoms with van der Waals surface area (Å²) >= 11 is 1.29. The molecule has 2 aromatic heterocycles. The third-order valence-electron chi connectivity index (χ3n) is 2.65. The van der Waals surface area contributed by atoms with E-state index in [2.05, 4.69) is 10.4 Å². The van der Waals surface area contributed by atoms with Gasteiger partial charge in [-0.05, 0) is 23.9 Å². The zero-order valence-electron chi connectivity index (χ0n) is 10.5. The molecule has 0 aliphatic heterocycles. The van der Waals surface area contributed by atoms with Gasteiger partial charge in [-0.1, -0.05) is 0 Å². The van der Waals surface area contributed by atoms with Gasteiger partial charge in [0.15, 0.2) is 6.04 Å². The smallest absolute Gasteiger partial charge is 0.331 e. The number of hydrogen-bond acceptors (Lipinski definition) is 4. The number of aryl methyl sites for hydroxylation is 2. The summed E-state index contributed by atoms with van der Waals surface area (Å²) < 4.78 is 1.49. The van der Waals surface area contributed by atoms with Crippen LogP contribution in [-0.2, 0) is 11.8 Å². The number of nitrogens with one attached hydrogen (secondary N) is 1. The Hall–Kier alpha value is -2.15. The van der Waals surface area contributed by atoms with Gasteiger partial charge in [0.2, 0.25) is 0 Å². The fourth-order valence-electron chi connectivity index (χ4n) is 1.68. The Kier molecular flexibility index (Phi) is 3.66. The van der Waals surface area contributed by atoms with Crippen LogP contribution in [0.25, 0.3) is 0 Å². The summed E-state index contributed by atoms with van der Waals surface area (Å²) in [7, 11) is 1.69. The lowest BCUT2D eigenvalue weighted by molar-refractivity contribution is -0.139. The second kappa shape index (κ2) is 5.23. The highest BCUT2D eigenvalue weighted by atomic mass is 32.1. The Morgan fingerprint density at radius 2 is 2.26 bits per heavy atom. The van der Waals surface area contributed by atoms with Crippen molar-refractivity contribution in [1.82, 2.24) is 15.1 Å². The number of aromatic nitrogens is 2. The molecular formula is C12H13N3O3S. The first-order valence-electron chi connectivity index (χ1n) is 5.55. The van der Waals surface area contributed by atoms with Crippen molar-refractivity contribution in [3.8, 4) is 0 Å². The standard InChI is InChI=1S/C12H13N3O3S/c1-7-3-4-19-10(7)11(16)14-9(12(17)18)8-5-13-15(2)6-8/h3-6,9H,1-2H3,(H,14,16)(H,17,18). The van der Waals surface area contributed by atoms with Gasteiger partial charge in [0.05, 0.1) is 11.1 Å². The first kappa shape index (κ1) is 13.3. The number of aliphatic carboxylic acids is 1. The topological polar surface area (TPSA) is 84.2 Å². The SMILES string of the molecule is Cc1ccsc1C(=O)NC(C(=O)O)c1cnn(C)c1. The fourth-order valence-corrected chi connectivity index (χ4v) is 2.51. The number of thiophene rings is 1. The molecule has 2 aromatic rings. The number of carbonyl (C=O) groups excluding carboxylic acids is 1. The highest BCUT2D eigenvalue weighted by molar-refractivity contribution is 7.12.